The number of likely N-dealkylation sites (tertiary alicyclic amines) is 1. The van der Waals surface area contributed by atoms with Crippen molar-refractivity contribution in [3.05, 3.63) is 34.3 Å². The van der Waals surface area contributed by atoms with E-state index >= 15 is 0 Å². The summed E-state index contributed by atoms with van der Waals surface area (Å²) in [5, 5.41) is 0.822. The van der Waals surface area contributed by atoms with Crippen molar-refractivity contribution in [2.45, 2.75) is 31.9 Å². The molecular weight excluding hydrogens is 260 g/mol. The molecule has 0 saturated carbocycles. The summed E-state index contributed by atoms with van der Waals surface area (Å²) in [6.07, 6.45) is 2.55. The molecule has 2 N–H and O–H groups in total. The lowest BCUT2D eigenvalue weighted by Crippen LogP contribution is -2.41. The van der Waals surface area contributed by atoms with E-state index in [0.29, 0.717) is 12.6 Å². The van der Waals surface area contributed by atoms with Gasteiger partial charge < -0.3 is 10.5 Å². The van der Waals surface area contributed by atoms with E-state index in [-0.39, 0.29) is 6.04 Å². The topological polar surface area (TPSA) is 38.5 Å². The molecule has 0 aromatic heterocycles. The average Bonchev–Trinajstić information content (AvgIpc) is 2.44. The van der Waals surface area contributed by atoms with Crippen molar-refractivity contribution < 1.29 is 4.74 Å². The zero-order valence-electron chi connectivity index (χ0n) is 11.7. The Morgan fingerprint density at radius 2 is 2.11 bits per heavy atom. The molecule has 2 rings (SSSR count). The lowest BCUT2D eigenvalue weighted by atomic mass is 9.99. The summed E-state index contributed by atoms with van der Waals surface area (Å²) in [7, 11) is 1.79. The molecule has 106 valence electrons. The monoisotopic (exact) mass is 282 g/mol. The normalized spacial score (nSPS) is 19.6. The Kier molecular flexibility index (Phi) is 5.22. The standard InChI is InChI=1S/C15H23ClN2O/c1-11-3-4-12(9-14(11)16)15(10-17)18-7-5-13(19-2)6-8-18/h3-4,9,13,15H,5-8,10,17H2,1-2H3. The van der Waals surface area contributed by atoms with E-state index in [4.69, 9.17) is 22.1 Å². The van der Waals surface area contributed by atoms with Gasteiger partial charge in [-0.1, -0.05) is 23.7 Å². The van der Waals surface area contributed by atoms with Gasteiger partial charge in [-0.2, -0.15) is 0 Å². The van der Waals surface area contributed by atoms with Gasteiger partial charge in [-0.15, -0.1) is 0 Å². The van der Waals surface area contributed by atoms with E-state index in [0.717, 1.165) is 36.5 Å². The Hall–Kier alpha value is -0.610. The first-order valence-corrected chi connectivity index (χ1v) is 7.26. The van der Waals surface area contributed by atoms with Gasteiger partial charge in [0.2, 0.25) is 0 Å². The van der Waals surface area contributed by atoms with Crippen LogP contribution in [0.25, 0.3) is 0 Å². The van der Waals surface area contributed by atoms with E-state index < -0.39 is 0 Å². The van der Waals surface area contributed by atoms with Crippen LogP contribution in [0.2, 0.25) is 5.02 Å². The second-order valence-corrected chi connectivity index (χ2v) is 5.64. The molecule has 1 fully saturated rings. The highest BCUT2D eigenvalue weighted by molar-refractivity contribution is 6.31. The number of ether oxygens (including phenoxy) is 1. The van der Waals surface area contributed by atoms with Crippen LogP contribution in [0, 0.1) is 6.92 Å². The molecule has 1 saturated heterocycles. The third-order valence-electron chi connectivity index (χ3n) is 4.05. The first-order chi connectivity index (χ1) is 9.15. The molecule has 0 spiro atoms. The number of piperidine rings is 1. The van der Waals surface area contributed by atoms with Crippen LogP contribution in [0.3, 0.4) is 0 Å². The van der Waals surface area contributed by atoms with Crippen LogP contribution in [-0.4, -0.2) is 37.7 Å². The fraction of sp³-hybridized carbons (Fsp3) is 0.600. The number of hydrogen-bond acceptors (Lipinski definition) is 3. The molecule has 1 aliphatic heterocycles. The molecule has 1 aromatic carbocycles. The lowest BCUT2D eigenvalue weighted by Gasteiger charge is -2.37. The van der Waals surface area contributed by atoms with Crippen molar-refractivity contribution >= 4 is 11.6 Å². The predicted octanol–water partition coefficient (Wildman–Crippen LogP) is 2.76. The lowest BCUT2D eigenvalue weighted by molar-refractivity contribution is 0.0280. The molecule has 3 nitrogen and oxygen atoms in total. The van der Waals surface area contributed by atoms with Gasteiger partial charge in [-0.05, 0) is 37.0 Å². The van der Waals surface area contributed by atoms with E-state index in [1.54, 1.807) is 7.11 Å². The summed E-state index contributed by atoms with van der Waals surface area (Å²) in [6.45, 7) is 4.71. The minimum Gasteiger partial charge on any atom is -0.381 e. The highest BCUT2D eigenvalue weighted by Crippen LogP contribution is 2.27. The quantitative estimate of drug-likeness (QED) is 0.923. The largest absolute Gasteiger partial charge is 0.381 e. The number of halogens is 1. The van der Waals surface area contributed by atoms with Crippen LogP contribution >= 0.6 is 11.6 Å². The molecule has 1 aromatic rings. The summed E-state index contributed by atoms with van der Waals surface area (Å²) in [4.78, 5) is 2.44. The molecule has 0 amide bonds. The van der Waals surface area contributed by atoms with Gasteiger partial charge in [0.05, 0.1) is 6.10 Å². The fourth-order valence-corrected chi connectivity index (χ4v) is 2.92. The Labute approximate surface area is 120 Å². The number of methoxy groups -OCH3 is 1. The van der Waals surface area contributed by atoms with Crippen LogP contribution in [0.1, 0.15) is 30.0 Å². The van der Waals surface area contributed by atoms with Crippen molar-refractivity contribution in [1.82, 2.24) is 4.90 Å². The molecule has 1 atom stereocenters. The van der Waals surface area contributed by atoms with Crippen LogP contribution in [0.4, 0.5) is 0 Å². The molecule has 19 heavy (non-hydrogen) atoms. The Bertz CT molecular complexity index is 417. The van der Waals surface area contributed by atoms with Gasteiger partial charge in [0.15, 0.2) is 0 Å². The molecule has 0 aliphatic carbocycles. The molecular formula is C15H23ClN2O. The van der Waals surface area contributed by atoms with Crippen molar-refractivity contribution in [1.29, 1.82) is 0 Å². The second-order valence-electron chi connectivity index (χ2n) is 5.23. The Morgan fingerprint density at radius 1 is 1.42 bits per heavy atom. The third kappa shape index (κ3) is 3.48. The number of nitrogens with zero attached hydrogens (tertiary/aromatic N) is 1. The molecule has 1 unspecified atom stereocenters. The van der Waals surface area contributed by atoms with Gasteiger partial charge in [0.1, 0.15) is 0 Å². The maximum Gasteiger partial charge on any atom is 0.0595 e. The van der Waals surface area contributed by atoms with Gasteiger partial charge in [-0.25, -0.2) is 0 Å². The molecule has 0 bridgehead atoms. The first kappa shape index (κ1) is 14.8. The predicted molar refractivity (Wildman–Crippen MR) is 79.6 cm³/mol. The van der Waals surface area contributed by atoms with Crippen molar-refractivity contribution in [2.24, 2.45) is 5.73 Å². The van der Waals surface area contributed by atoms with Gasteiger partial charge in [-0.3, -0.25) is 4.90 Å². The first-order valence-electron chi connectivity index (χ1n) is 6.88. The summed E-state index contributed by atoms with van der Waals surface area (Å²) in [6, 6.07) is 6.52. The van der Waals surface area contributed by atoms with Gasteiger partial charge >= 0.3 is 0 Å². The number of hydrogen-bond donors (Lipinski definition) is 1. The highest BCUT2D eigenvalue weighted by Gasteiger charge is 2.25. The summed E-state index contributed by atoms with van der Waals surface area (Å²) in [5.74, 6) is 0. The summed E-state index contributed by atoms with van der Waals surface area (Å²) >= 11 is 6.22. The van der Waals surface area contributed by atoms with Gasteiger partial charge in [0, 0.05) is 37.8 Å². The van der Waals surface area contributed by atoms with Crippen LogP contribution < -0.4 is 5.73 Å². The molecule has 1 aliphatic rings. The number of nitrogens with two attached hydrogens (primary N) is 1. The SMILES string of the molecule is COC1CCN(C(CN)c2ccc(C)c(Cl)c2)CC1. The average molecular weight is 283 g/mol. The van der Waals surface area contributed by atoms with Crippen molar-refractivity contribution in [3.8, 4) is 0 Å². The Morgan fingerprint density at radius 3 is 2.63 bits per heavy atom. The number of aryl methyl sites for hydroxylation is 1. The van der Waals surface area contributed by atoms with E-state index in [9.17, 15) is 0 Å². The van der Waals surface area contributed by atoms with E-state index in [1.165, 1.54) is 5.56 Å². The Balaban J connectivity index is 2.09. The maximum absolute atomic E-state index is 6.22. The highest BCUT2D eigenvalue weighted by atomic mass is 35.5. The summed E-state index contributed by atoms with van der Waals surface area (Å²) in [5.41, 5.74) is 8.30. The number of benzene rings is 1. The molecule has 1 heterocycles. The zero-order valence-corrected chi connectivity index (χ0v) is 12.5. The minimum absolute atomic E-state index is 0.260. The van der Waals surface area contributed by atoms with Crippen LogP contribution in [-0.2, 0) is 4.74 Å². The zero-order chi connectivity index (χ0) is 13.8. The minimum atomic E-state index is 0.260. The van der Waals surface area contributed by atoms with Crippen molar-refractivity contribution in [3.63, 3.8) is 0 Å². The molecule has 0 radical (unpaired) electrons. The van der Waals surface area contributed by atoms with Gasteiger partial charge in [0.25, 0.3) is 0 Å². The van der Waals surface area contributed by atoms with Crippen LogP contribution in [0.5, 0.6) is 0 Å². The van der Waals surface area contributed by atoms with Crippen LogP contribution in [0.15, 0.2) is 18.2 Å². The second kappa shape index (κ2) is 6.71. The van der Waals surface area contributed by atoms with E-state index in [2.05, 4.69) is 23.1 Å². The molecule has 4 heteroatoms. The summed E-state index contributed by atoms with van der Waals surface area (Å²) < 4.78 is 5.41. The number of rotatable bonds is 4. The fourth-order valence-electron chi connectivity index (χ4n) is 2.74. The van der Waals surface area contributed by atoms with E-state index in [1.807, 2.05) is 6.92 Å². The van der Waals surface area contributed by atoms with Crippen molar-refractivity contribution in [2.75, 3.05) is 26.7 Å². The third-order valence-corrected chi connectivity index (χ3v) is 4.46. The maximum atomic E-state index is 6.22. The smallest absolute Gasteiger partial charge is 0.0595 e.